The summed E-state index contributed by atoms with van der Waals surface area (Å²) in [6.07, 6.45) is 0.814. The first-order chi connectivity index (χ1) is 6.11. The second-order valence-corrected chi connectivity index (χ2v) is 2.87. The second-order valence-electron chi connectivity index (χ2n) is 2.87. The minimum Gasteiger partial charge on any atom is -0.464 e. The Morgan fingerprint density at radius 3 is 2.62 bits per heavy atom. The maximum atomic E-state index is 11.3. The number of imidazole rings is 1. The zero-order valence-electron chi connectivity index (χ0n) is 8.42. The Bertz CT molecular complexity index is 329. The number of aryl methyl sites for hydroxylation is 2. The van der Waals surface area contributed by atoms with E-state index in [-0.39, 0.29) is 5.97 Å². The van der Waals surface area contributed by atoms with E-state index in [4.69, 9.17) is 0 Å². The van der Waals surface area contributed by atoms with E-state index >= 15 is 0 Å². The van der Waals surface area contributed by atoms with Crippen LogP contribution in [0, 0.1) is 6.92 Å². The van der Waals surface area contributed by atoms with Gasteiger partial charge >= 0.3 is 5.97 Å². The fraction of sp³-hybridized carbons (Fsp3) is 0.556. The van der Waals surface area contributed by atoms with Crippen LogP contribution in [0.3, 0.4) is 0 Å². The molecule has 1 aromatic rings. The SMILES string of the molecule is CCc1nc(C)c(C(=O)OC)n1C. The van der Waals surface area contributed by atoms with Crippen molar-refractivity contribution in [2.45, 2.75) is 20.3 Å². The highest BCUT2D eigenvalue weighted by Crippen LogP contribution is 2.10. The normalized spacial score (nSPS) is 10.2. The third-order valence-electron chi connectivity index (χ3n) is 2.06. The Morgan fingerprint density at radius 2 is 2.23 bits per heavy atom. The van der Waals surface area contributed by atoms with E-state index < -0.39 is 0 Å². The van der Waals surface area contributed by atoms with Gasteiger partial charge in [0.15, 0.2) is 0 Å². The topological polar surface area (TPSA) is 44.1 Å². The summed E-state index contributed by atoms with van der Waals surface area (Å²) in [5.41, 5.74) is 1.27. The fourth-order valence-electron chi connectivity index (χ4n) is 1.39. The molecule has 0 aliphatic rings. The molecule has 0 aliphatic heterocycles. The van der Waals surface area contributed by atoms with Crippen LogP contribution in [0.2, 0.25) is 0 Å². The minimum absolute atomic E-state index is 0.327. The standard InChI is InChI=1S/C9H14N2O2/c1-5-7-10-6(2)8(11(7)3)9(12)13-4/h5H2,1-4H3. The lowest BCUT2D eigenvalue weighted by Crippen LogP contribution is -2.10. The molecular formula is C9H14N2O2. The van der Waals surface area contributed by atoms with Gasteiger partial charge in [-0.15, -0.1) is 0 Å². The molecule has 13 heavy (non-hydrogen) atoms. The Morgan fingerprint density at radius 1 is 1.62 bits per heavy atom. The van der Waals surface area contributed by atoms with Gasteiger partial charge in [-0.3, -0.25) is 0 Å². The maximum Gasteiger partial charge on any atom is 0.356 e. The number of ether oxygens (including phenoxy) is 1. The highest BCUT2D eigenvalue weighted by molar-refractivity contribution is 5.88. The van der Waals surface area contributed by atoms with E-state index in [1.54, 1.807) is 4.57 Å². The molecule has 72 valence electrons. The van der Waals surface area contributed by atoms with Crippen molar-refractivity contribution >= 4 is 5.97 Å². The molecule has 4 nitrogen and oxygen atoms in total. The van der Waals surface area contributed by atoms with E-state index in [0.717, 1.165) is 17.9 Å². The van der Waals surface area contributed by atoms with Crippen molar-refractivity contribution in [3.8, 4) is 0 Å². The van der Waals surface area contributed by atoms with Gasteiger partial charge in [0.25, 0.3) is 0 Å². The lowest BCUT2D eigenvalue weighted by atomic mass is 10.3. The van der Waals surface area contributed by atoms with E-state index in [0.29, 0.717) is 5.69 Å². The Labute approximate surface area is 77.5 Å². The molecule has 1 heterocycles. The van der Waals surface area contributed by atoms with Gasteiger partial charge in [0.2, 0.25) is 0 Å². The number of esters is 1. The van der Waals surface area contributed by atoms with Crippen LogP contribution in [0.5, 0.6) is 0 Å². The molecule has 0 saturated carbocycles. The molecule has 0 N–H and O–H groups in total. The molecule has 1 rings (SSSR count). The molecule has 0 spiro atoms. The number of carbonyl (C=O) groups is 1. The summed E-state index contributed by atoms with van der Waals surface area (Å²) >= 11 is 0. The van der Waals surface area contributed by atoms with Crippen molar-refractivity contribution in [1.82, 2.24) is 9.55 Å². The van der Waals surface area contributed by atoms with Crippen LogP contribution < -0.4 is 0 Å². The number of hydrogen-bond donors (Lipinski definition) is 0. The van der Waals surface area contributed by atoms with Crippen molar-refractivity contribution < 1.29 is 9.53 Å². The second kappa shape index (κ2) is 3.60. The smallest absolute Gasteiger partial charge is 0.356 e. The van der Waals surface area contributed by atoms with Crippen LogP contribution in [0.15, 0.2) is 0 Å². The third kappa shape index (κ3) is 1.56. The summed E-state index contributed by atoms with van der Waals surface area (Å²) in [6.45, 7) is 3.81. The summed E-state index contributed by atoms with van der Waals surface area (Å²) < 4.78 is 6.43. The first-order valence-electron chi connectivity index (χ1n) is 4.22. The van der Waals surface area contributed by atoms with Crippen molar-refractivity contribution in [2.75, 3.05) is 7.11 Å². The predicted octanol–water partition coefficient (Wildman–Crippen LogP) is 1.08. The molecule has 0 atom stereocenters. The van der Waals surface area contributed by atoms with Crippen molar-refractivity contribution in [3.63, 3.8) is 0 Å². The molecule has 1 aromatic heterocycles. The van der Waals surface area contributed by atoms with E-state index in [9.17, 15) is 4.79 Å². The molecule has 0 saturated heterocycles. The maximum absolute atomic E-state index is 11.3. The highest BCUT2D eigenvalue weighted by atomic mass is 16.5. The molecule has 0 unspecified atom stereocenters. The lowest BCUT2D eigenvalue weighted by molar-refractivity contribution is 0.0588. The van der Waals surface area contributed by atoms with E-state index in [2.05, 4.69) is 9.72 Å². The molecule has 0 amide bonds. The molecule has 4 heteroatoms. The number of hydrogen-bond acceptors (Lipinski definition) is 3. The average Bonchev–Trinajstić information content (AvgIpc) is 2.40. The lowest BCUT2D eigenvalue weighted by Gasteiger charge is -2.02. The molecule has 0 aromatic carbocycles. The number of methoxy groups -OCH3 is 1. The van der Waals surface area contributed by atoms with Crippen LogP contribution in [-0.2, 0) is 18.2 Å². The van der Waals surface area contributed by atoms with Crippen LogP contribution in [0.25, 0.3) is 0 Å². The summed E-state index contributed by atoms with van der Waals surface area (Å²) in [7, 11) is 3.20. The van der Waals surface area contributed by atoms with E-state index in [1.807, 2.05) is 20.9 Å². The van der Waals surface area contributed by atoms with Crippen molar-refractivity contribution in [3.05, 3.63) is 17.2 Å². The Balaban J connectivity index is 3.20. The van der Waals surface area contributed by atoms with Crippen molar-refractivity contribution in [2.24, 2.45) is 7.05 Å². The summed E-state index contributed by atoms with van der Waals surface area (Å²) in [5, 5.41) is 0. The quantitative estimate of drug-likeness (QED) is 0.643. The molecule has 0 fully saturated rings. The van der Waals surface area contributed by atoms with Crippen LogP contribution in [0.4, 0.5) is 0 Å². The van der Waals surface area contributed by atoms with Gasteiger partial charge in [-0.1, -0.05) is 6.92 Å². The fourth-order valence-corrected chi connectivity index (χ4v) is 1.39. The molecular weight excluding hydrogens is 168 g/mol. The number of aromatic nitrogens is 2. The monoisotopic (exact) mass is 182 g/mol. The summed E-state index contributed by atoms with van der Waals surface area (Å²) in [5.74, 6) is 0.574. The van der Waals surface area contributed by atoms with Crippen molar-refractivity contribution in [1.29, 1.82) is 0 Å². The van der Waals surface area contributed by atoms with Gasteiger partial charge in [-0.25, -0.2) is 9.78 Å². The minimum atomic E-state index is -0.327. The first-order valence-corrected chi connectivity index (χ1v) is 4.22. The zero-order chi connectivity index (χ0) is 10.0. The predicted molar refractivity (Wildman–Crippen MR) is 48.7 cm³/mol. The molecule has 0 aliphatic carbocycles. The number of rotatable bonds is 2. The van der Waals surface area contributed by atoms with Crippen LogP contribution in [0.1, 0.15) is 28.9 Å². The zero-order valence-corrected chi connectivity index (χ0v) is 8.42. The summed E-state index contributed by atoms with van der Waals surface area (Å²) in [4.78, 5) is 15.6. The molecule has 0 bridgehead atoms. The van der Waals surface area contributed by atoms with Gasteiger partial charge in [-0.2, -0.15) is 0 Å². The first kappa shape index (κ1) is 9.77. The molecule has 0 radical (unpaired) electrons. The average molecular weight is 182 g/mol. The summed E-state index contributed by atoms with van der Waals surface area (Å²) in [6, 6.07) is 0. The Kier molecular flexibility index (Phi) is 2.70. The van der Waals surface area contributed by atoms with E-state index in [1.165, 1.54) is 7.11 Å². The third-order valence-corrected chi connectivity index (χ3v) is 2.06. The van der Waals surface area contributed by atoms with Gasteiger partial charge in [0, 0.05) is 13.5 Å². The van der Waals surface area contributed by atoms with Gasteiger partial charge < -0.3 is 9.30 Å². The van der Waals surface area contributed by atoms with Crippen LogP contribution >= 0.6 is 0 Å². The van der Waals surface area contributed by atoms with Gasteiger partial charge in [-0.05, 0) is 6.92 Å². The number of carbonyl (C=O) groups excluding carboxylic acids is 1. The number of nitrogens with zero attached hydrogens (tertiary/aromatic N) is 2. The largest absolute Gasteiger partial charge is 0.464 e. The van der Waals surface area contributed by atoms with Gasteiger partial charge in [0.1, 0.15) is 11.5 Å². The highest BCUT2D eigenvalue weighted by Gasteiger charge is 2.17. The van der Waals surface area contributed by atoms with Gasteiger partial charge in [0.05, 0.1) is 12.8 Å². The Hall–Kier alpha value is -1.32. The van der Waals surface area contributed by atoms with Crippen LogP contribution in [-0.4, -0.2) is 22.6 Å².